The number of aromatic nitrogens is 1. The van der Waals surface area contributed by atoms with Crippen LogP contribution in [0.15, 0.2) is 5.38 Å². The fraction of sp³-hybridized carbons (Fsp3) is 0.625. The van der Waals surface area contributed by atoms with Crippen molar-refractivity contribution in [2.75, 3.05) is 9.93 Å². The fourth-order valence-electron chi connectivity index (χ4n) is 0.825. The van der Waals surface area contributed by atoms with Crippen molar-refractivity contribution in [1.29, 1.82) is 0 Å². The highest BCUT2D eigenvalue weighted by Gasteiger charge is 2.19. The van der Waals surface area contributed by atoms with Crippen LogP contribution in [-0.2, 0) is 15.4 Å². The molecule has 0 saturated carbocycles. The van der Waals surface area contributed by atoms with Gasteiger partial charge in [-0.15, -0.1) is 22.9 Å². The molecule has 0 aliphatic carbocycles. The number of nitrogens with zero attached hydrogens (tertiary/aromatic N) is 1. The van der Waals surface area contributed by atoms with E-state index in [4.69, 9.17) is 11.6 Å². The minimum Gasteiger partial charge on any atom is -0.258 e. The molecule has 15 heavy (non-hydrogen) atoms. The lowest BCUT2D eigenvalue weighted by Gasteiger charge is -2.14. The molecule has 86 valence electrons. The predicted octanol–water partition coefficient (Wildman–Crippen LogP) is 2.38. The van der Waals surface area contributed by atoms with E-state index in [2.05, 4.69) is 9.71 Å². The molecule has 1 rings (SSSR count). The summed E-state index contributed by atoms with van der Waals surface area (Å²) in [5.41, 5.74) is 0.779. The number of hydrogen-bond acceptors (Lipinski definition) is 4. The number of halogens is 1. The summed E-state index contributed by atoms with van der Waals surface area (Å²) >= 11 is 6.52. The summed E-state index contributed by atoms with van der Waals surface area (Å²) in [6.07, 6.45) is 0. The number of alkyl halides is 1. The monoisotopic (exact) mass is 268 g/mol. The third-order valence-electron chi connectivity index (χ3n) is 1.66. The molecule has 0 atom stereocenters. The van der Waals surface area contributed by atoms with E-state index in [1.807, 2.05) is 26.2 Å². The van der Waals surface area contributed by atoms with Crippen LogP contribution in [0.4, 0.5) is 5.13 Å². The van der Waals surface area contributed by atoms with Gasteiger partial charge in [-0.1, -0.05) is 20.8 Å². The number of hydrogen-bond donors (Lipinski definition) is 1. The molecule has 0 radical (unpaired) electrons. The van der Waals surface area contributed by atoms with Crippen molar-refractivity contribution in [3.63, 3.8) is 0 Å². The summed E-state index contributed by atoms with van der Waals surface area (Å²) in [5, 5.41) is 1.74. The number of thiazole rings is 1. The van der Waals surface area contributed by atoms with E-state index in [0.717, 1.165) is 5.69 Å². The van der Waals surface area contributed by atoms with Crippen molar-refractivity contribution in [3.8, 4) is 0 Å². The van der Waals surface area contributed by atoms with Gasteiger partial charge in [-0.2, -0.15) is 0 Å². The number of rotatable bonds is 3. The van der Waals surface area contributed by atoms with E-state index < -0.39 is 15.2 Å². The third kappa shape index (κ3) is 3.62. The molecule has 7 heteroatoms. The maximum atomic E-state index is 11.2. The summed E-state index contributed by atoms with van der Waals surface area (Å²) < 4.78 is 24.6. The molecule has 1 N–H and O–H groups in total. The highest BCUT2D eigenvalue weighted by molar-refractivity contribution is 7.94. The lowest BCUT2D eigenvalue weighted by molar-refractivity contribution is 0.573. The van der Waals surface area contributed by atoms with Crippen LogP contribution < -0.4 is 4.72 Å². The lowest BCUT2D eigenvalue weighted by atomic mass is 9.93. The van der Waals surface area contributed by atoms with Crippen LogP contribution in [-0.4, -0.2) is 18.6 Å². The zero-order chi connectivity index (χ0) is 11.7. The lowest BCUT2D eigenvalue weighted by Crippen LogP contribution is -2.15. The van der Waals surface area contributed by atoms with Gasteiger partial charge in [-0.3, -0.25) is 4.72 Å². The van der Waals surface area contributed by atoms with E-state index in [9.17, 15) is 8.42 Å². The summed E-state index contributed by atoms with van der Waals surface area (Å²) in [5.74, 6) is 0. The molecule has 0 bridgehead atoms. The molecule has 0 aromatic carbocycles. The van der Waals surface area contributed by atoms with Gasteiger partial charge in [-0.25, -0.2) is 13.4 Å². The van der Waals surface area contributed by atoms with Gasteiger partial charge in [0, 0.05) is 10.8 Å². The third-order valence-corrected chi connectivity index (χ3v) is 4.20. The van der Waals surface area contributed by atoms with Crippen LogP contribution >= 0.6 is 22.9 Å². The normalized spacial score (nSPS) is 12.8. The molecule has 1 heterocycles. The van der Waals surface area contributed by atoms with Crippen LogP contribution in [0.3, 0.4) is 0 Å². The van der Waals surface area contributed by atoms with Crippen LogP contribution in [0.1, 0.15) is 26.5 Å². The first-order valence-corrected chi connectivity index (χ1v) is 7.34. The van der Waals surface area contributed by atoms with Gasteiger partial charge in [0.25, 0.3) is 0 Å². The summed E-state index contributed by atoms with van der Waals surface area (Å²) in [6, 6.07) is 0. The summed E-state index contributed by atoms with van der Waals surface area (Å²) in [7, 11) is -3.44. The van der Waals surface area contributed by atoms with E-state index in [-0.39, 0.29) is 5.41 Å². The molecule has 0 fully saturated rings. The van der Waals surface area contributed by atoms with Gasteiger partial charge in [0.2, 0.25) is 10.0 Å². The second kappa shape index (κ2) is 4.27. The quantitative estimate of drug-likeness (QED) is 0.857. The topological polar surface area (TPSA) is 59.1 Å². The Bertz CT molecular complexity index is 434. The van der Waals surface area contributed by atoms with Crippen molar-refractivity contribution in [2.24, 2.45) is 0 Å². The maximum absolute atomic E-state index is 11.2. The molecule has 0 aliphatic rings. The molecule has 0 unspecified atom stereocenters. The second-order valence-electron chi connectivity index (χ2n) is 4.11. The Labute approximate surface area is 98.7 Å². The molecule has 0 spiro atoms. The Morgan fingerprint density at radius 2 is 2.13 bits per heavy atom. The largest absolute Gasteiger partial charge is 0.258 e. The predicted molar refractivity (Wildman–Crippen MR) is 64.1 cm³/mol. The molecular formula is C8H13ClN2O2S2. The van der Waals surface area contributed by atoms with Gasteiger partial charge in [0.05, 0.1) is 5.69 Å². The average Bonchev–Trinajstić information content (AvgIpc) is 2.51. The Balaban J connectivity index is 2.87. The van der Waals surface area contributed by atoms with E-state index in [0.29, 0.717) is 5.13 Å². The molecule has 0 amide bonds. The SMILES string of the molecule is CC(C)(C)c1csc(NS(=O)(=O)CCl)n1. The standard InChI is InChI=1S/C8H13ClN2O2S2/c1-8(2,3)6-4-14-7(10-6)11-15(12,13)5-9/h4H,5H2,1-3H3,(H,10,11). The molecule has 1 aromatic heterocycles. The van der Waals surface area contributed by atoms with Crippen molar-refractivity contribution in [3.05, 3.63) is 11.1 Å². The first-order valence-electron chi connectivity index (χ1n) is 4.27. The first kappa shape index (κ1) is 12.7. The van der Waals surface area contributed by atoms with Crippen molar-refractivity contribution >= 4 is 38.1 Å². The van der Waals surface area contributed by atoms with Crippen LogP contribution in [0.25, 0.3) is 0 Å². The summed E-state index contributed by atoms with van der Waals surface area (Å²) in [6.45, 7) is 6.05. The molecule has 0 aliphatic heterocycles. The zero-order valence-corrected chi connectivity index (χ0v) is 11.1. The number of anilines is 1. The number of sulfonamides is 1. The Kier molecular flexibility index (Phi) is 3.63. The Hall–Kier alpha value is -0.330. The highest BCUT2D eigenvalue weighted by Crippen LogP contribution is 2.26. The molecular weight excluding hydrogens is 256 g/mol. The zero-order valence-electron chi connectivity index (χ0n) is 8.74. The van der Waals surface area contributed by atoms with Gasteiger partial charge in [-0.05, 0) is 0 Å². The first-order chi connectivity index (χ1) is 6.74. The minimum atomic E-state index is -3.44. The smallest absolute Gasteiger partial charge is 0.248 e. The van der Waals surface area contributed by atoms with Crippen LogP contribution in [0, 0.1) is 0 Å². The maximum Gasteiger partial charge on any atom is 0.248 e. The van der Waals surface area contributed by atoms with Crippen LogP contribution in [0.2, 0.25) is 0 Å². The van der Waals surface area contributed by atoms with E-state index in [1.165, 1.54) is 11.3 Å². The molecule has 4 nitrogen and oxygen atoms in total. The van der Waals surface area contributed by atoms with E-state index >= 15 is 0 Å². The average molecular weight is 269 g/mol. The van der Waals surface area contributed by atoms with Crippen LogP contribution in [0.5, 0.6) is 0 Å². The Morgan fingerprint density at radius 1 is 1.53 bits per heavy atom. The van der Waals surface area contributed by atoms with Gasteiger partial charge in [0.15, 0.2) is 5.13 Å². The van der Waals surface area contributed by atoms with E-state index in [1.54, 1.807) is 0 Å². The van der Waals surface area contributed by atoms with Gasteiger partial charge >= 0.3 is 0 Å². The Morgan fingerprint density at radius 3 is 2.53 bits per heavy atom. The second-order valence-corrected chi connectivity index (χ2v) is 7.28. The van der Waals surface area contributed by atoms with Gasteiger partial charge < -0.3 is 0 Å². The fourth-order valence-corrected chi connectivity index (χ4v) is 2.71. The van der Waals surface area contributed by atoms with Crippen molar-refractivity contribution < 1.29 is 8.42 Å². The van der Waals surface area contributed by atoms with Crippen molar-refractivity contribution in [2.45, 2.75) is 26.2 Å². The summed E-state index contributed by atoms with van der Waals surface area (Å²) in [4.78, 5) is 4.18. The van der Waals surface area contributed by atoms with Crippen molar-refractivity contribution in [1.82, 2.24) is 4.98 Å². The number of nitrogens with one attached hydrogen (secondary N) is 1. The molecule has 0 saturated heterocycles. The molecule has 1 aromatic rings. The van der Waals surface area contributed by atoms with Gasteiger partial charge in [0.1, 0.15) is 5.21 Å². The highest BCUT2D eigenvalue weighted by atomic mass is 35.5. The minimum absolute atomic E-state index is 0.0822.